The lowest BCUT2D eigenvalue weighted by Gasteiger charge is -2.46. The van der Waals surface area contributed by atoms with Crippen molar-refractivity contribution in [2.75, 3.05) is 32.7 Å². The number of carbonyl (C=O) groups excluding carboxylic acids is 1. The molecule has 2 rings (SSSR count). The number of nitrogens with two attached hydrogens (primary N) is 1. The van der Waals surface area contributed by atoms with Crippen LogP contribution in [-0.4, -0.2) is 54.0 Å². The fraction of sp³-hybridized carbons (Fsp3) is 0.941. The third-order valence-corrected chi connectivity index (χ3v) is 5.36. The number of likely N-dealkylation sites (tertiary alicyclic amines) is 1. The van der Waals surface area contributed by atoms with Gasteiger partial charge in [0.15, 0.2) is 0 Å². The van der Waals surface area contributed by atoms with Gasteiger partial charge in [0, 0.05) is 25.2 Å². The molecular weight excluding hydrogens is 262 g/mol. The van der Waals surface area contributed by atoms with E-state index in [9.17, 15) is 4.79 Å². The Morgan fingerprint density at radius 1 is 1.10 bits per heavy atom. The Morgan fingerprint density at radius 2 is 1.71 bits per heavy atom. The molecule has 0 atom stereocenters. The highest BCUT2D eigenvalue weighted by Crippen LogP contribution is 2.33. The maximum absolute atomic E-state index is 12.6. The van der Waals surface area contributed by atoms with E-state index in [1.807, 2.05) is 0 Å². The van der Waals surface area contributed by atoms with Gasteiger partial charge in [-0.05, 0) is 45.1 Å². The van der Waals surface area contributed by atoms with Gasteiger partial charge >= 0.3 is 0 Å². The van der Waals surface area contributed by atoms with Crippen LogP contribution in [0.1, 0.15) is 64.7 Å². The van der Waals surface area contributed by atoms with E-state index in [0.29, 0.717) is 19.0 Å². The molecule has 1 aliphatic carbocycles. The van der Waals surface area contributed by atoms with Gasteiger partial charge in [-0.15, -0.1) is 0 Å². The second-order valence-electron chi connectivity index (χ2n) is 6.85. The van der Waals surface area contributed by atoms with Crippen LogP contribution in [0.4, 0.5) is 0 Å². The number of rotatable bonds is 6. The summed E-state index contributed by atoms with van der Waals surface area (Å²) in [5, 5.41) is 0. The molecule has 2 fully saturated rings. The van der Waals surface area contributed by atoms with Crippen molar-refractivity contribution in [2.24, 2.45) is 5.73 Å². The van der Waals surface area contributed by atoms with Crippen LogP contribution in [0.3, 0.4) is 0 Å². The van der Waals surface area contributed by atoms with E-state index < -0.39 is 0 Å². The van der Waals surface area contributed by atoms with E-state index in [1.54, 1.807) is 0 Å². The minimum Gasteiger partial charge on any atom is -0.342 e. The summed E-state index contributed by atoms with van der Waals surface area (Å²) in [7, 11) is 0. The van der Waals surface area contributed by atoms with Crippen molar-refractivity contribution in [1.82, 2.24) is 9.80 Å². The third-order valence-electron chi connectivity index (χ3n) is 5.36. The molecule has 4 heteroatoms. The number of nitrogens with zero attached hydrogens (tertiary/aromatic N) is 2. The van der Waals surface area contributed by atoms with E-state index in [1.165, 1.54) is 38.5 Å². The summed E-state index contributed by atoms with van der Waals surface area (Å²) in [4.78, 5) is 17.1. The molecule has 0 aromatic rings. The number of carbonyl (C=O) groups is 1. The molecule has 21 heavy (non-hydrogen) atoms. The smallest absolute Gasteiger partial charge is 0.236 e. The van der Waals surface area contributed by atoms with Crippen LogP contribution in [-0.2, 0) is 4.79 Å². The summed E-state index contributed by atoms with van der Waals surface area (Å²) in [5.41, 5.74) is 6.24. The molecule has 0 bridgehead atoms. The first-order valence-corrected chi connectivity index (χ1v) is 8.95. The highest BCUT2D eigenvalue weighted by molar-refractivity contribution is 5.78. The zero-order valence-corrected chi connectivity index (χ0v) is 13.8. The topological polar surface area (TPSA) is 49.6 Å². The summed E-state index contributed by atoms with van der Waals surface area (Å²) >= 11 is 0. The van der Waals surface area contributed by atoms with Gasteiger partial charge in [-0.25, -0.2) is 0 Å². The van der Waals surface area contributed by atoms with Crippen molar-refractivity contribution in [1.29, 1.82) is 0 Å². The van der Waals surface area contributed by atoms with E-state index in [0.717, 1.165) is 38.9 Å². The predicted octanol–water partition coefficient (Wildman–Crippen LogP) is 2.37. The van der Waals surface area contributed by atoms with E-state index >= 15 is 0 Å². The zero-order valence-electron chi connectivity index (χ0n) is 13.8. The monoisotopic (exact) mass is 295 g/mol. The molecule has 0 aromatic heterocycles. The Kier molecular flexibility index (Phi) is 6.49. The molecule has 1 saturated carbocycles. The van der Waals surface area contributed by atoms with Gasteiger partial charge in [0.2, 0.25) is 5.91 Å². The molecule has 0 unspecified atom stereocenters. The number of amides is 1. The van der Waals surface area contributed by atoms with E-state index in [4.69, 9.17) is 5.73 Å². The lowest BCUT2D eigenvalue weighted by atomic mass is 9.80. The van der Waals surface area contributed by atoms with Gasteiger partial charge in [-0.1, -0.05) is 26.2 Å². The number of hydrogen-bond acceptors (Lipinski definition) is 3. The molecule has 1 aliphatic heterocycles. The molecule has 122 valence electrons. The van der Waals surface area contributed by atoms with E-state index in [2.05, 4.69) is 16.7 Å². The fourth-order valence-electron chi connectivity index (χ4n) is 4.02. The van der Waals surface area contributed by atoms with Crippen molar-refractivity contribution < 1.29 is 4.79 Å². The zero-order chi connectivity index (χ0) is 15.1. The van der Waals surface area contributed by atoms with Crippen LogP contribution >= 0.6 is 0 Å². The first kappa shape index (κ1) is 16.8. The lowest BCUT2D eigenvalue weighted by molar-refractivity contribution is -0.135. The Morgan fingerprint density at radius 3 is 2.29 bits per heavy atom. The van der Waals surface area contributed by atoms with Crippen LogP contribution in [0.25, 0.3) is 0 Å². The first-order valence-electron chi connectivity index (χ1n) is 8.95. The van der Waals surface area contributed by atoms with Crippen LogP contribution in [0.5, 0.6) is 0 Å². The van der Waals surface area contributed by atoms with Gasteiger partial charge in [0.05, 0.1) is 6.54 Å². The molecule has 1 saturated heterocycles. The summed E-state index contributed by atoms with van der Waals surface area (Å²) in [6, 6.07) is 0. The molecule has 2 aliphatic rings. The summed E-state index contributed by atoms with van der Waals surface area (Å²) < 4.78 is 0. The maximum Gasteiger partial charge on any atom is 0.236 e. The summed E-state index contributed by atoms with van der Waals surface area (Å²) in [6.45, 7) is 6.37. The Bertz CT molecular complexity index is 320. The number of piperidine rings is 1. The van der Waals surface area contributed by atoms with Gasteiger partial charge < -0.3 is 10.6 Å². The van der Waals surface area contributed by atoms with Crippen molar-refractivity contribution in [3.63, 3.8) is 0 Å². The minimum absolute atomic E-state index is 0.0830. The van der Waals surface area contributed by atoms with Crippen LogP contribution < -0.4 is 5.73 Å². The average Bonchev–Trinajstić information content (AvgIpc) is 2.56. The second kappa shape index (κ2) is 8.14. The quantitative estimate of drug-likeness (QED) is 0.818. The minimum atomic E-state index is 0.0830. The van der Waals surface area contributed by atoms with Gasteiger partial charge in [-0.3, -0.25) is 9.69 Å². The second-order valence-corrected chi connectivity index (χ2v) is 6.85. The molecule has 2 N–H and O–H groups in total. The van der Waals surface area contributed by atoms with Crippen molar-refractivity contribution in [3.05, 3.63) is 0 Å². The van der Waals surface area contributed by atoms with E-state index in [-0.39, 0.29) is 5.54 Å². The van der Waals surface area contributed by atoms with Gasteiger partial charge in [0.1, 0.15) is 0 Å². The maximum atomic E-state index is 12.6. The summed E-state index contributed by atoms with van der Waals surface area (Å²) in [5.74, 6) is 0.321. The molecule has 1 amide bonds. The van der Waals surface area contributed by atoms with Crippen molar-refractivity contribution in [2.45, 2.75) is 70.3 Å². The first-order chi connectivity index (χ1) is 10.2. The highest BCUT2D eigenvalue weighted by Gasteiger charge is 2.37. The van der Waals surface area contributed by atoms with Gasteiger partial charge in [0.25, 0.3) is 0 Å². The Labute approximate surface area is 130 Å². The molecule has 0 spiro atoms. The van der Waals surface area contributed by atoms with Crippen molar-refractivity contribution in [3.8, 4) is 0 Å². The lowest BCUT2D eigenvalue weighted by Crippen LogP contribution is -2.58. The Hall–Kier alpha value is -0.610. The van der Waals surface area contributed by atoms with Crippen LogP contribution in [0.2, 0.25) is 0 Å². The predicted molar refractivity (Wildman–Crippen MR) is 87.2 cm³/mol. The largest absolute Gasteiger partial charge is 0.342 e. The molecule has 0 radical (unpaired) electrons. The molecule has 1 heterocycles. The SMILES string of the molecule is CCCN(CC(=O)N1CCCCC1)C1(CN)CCCCC1. The fourth-order valence-corrected chi connectivity index (χ4v) is 4.02. The normalized spacial score (nSPS) is 22.5. The van der Waals surface area contributed by atoms with Crippen LogP contribution in [0, 0.1) is 0 Å². The summed E-state index contributed by atoms with van der Waals surface area (Å²) in [6.07, 6.45) is 10.9. The molecule has 0 aromatic carbocycles. The molecular formula is C17H33N3O. The highest BCUT2D eigenvalue weighted by atomic mass is 16.2. The van der Waals surface area contributed by atoms with Crippen LogP contribution in [0.15, 0.2) is 0 Å². The third kappa shape index (κ3) is 4.19. The average molecular weight is 295 g/mol. The standard InChI is InChI=1S/C17H33N3O/c1-2-11-20(17(15-18)9-5-3-6-10-17)14-16(21)19-12-7-4-8-13-19/h2-15,18H2,1H3. The number of hydrogen-bond donors (Lipinski definition) is 1. The van der Waals surface area contributed by atoms with Crippen molar-refractivity contribution >= 4 is 5.91 Å². The van der Waals surface area contributed by atoms with Gasteiger partial charge in [-0.2, -0.15) is 0 Å². The molecule has 4 nitrogen and oxygen atoms in total. The Balaban J connectivity index is 2.01.